The van der Waals surface area contributed by atoms with Crippen LogP contribution in [-0.2, 0) is 24.7 Å². The summed E-state index contributed by atoms with van der Waals surface area (Å²) in [5.74, 6) is 2.56. The molecule has 0 aliphatic carbocycles. The lowest BCUT2D eigenvalue weighted by molar-refractivity contribution is 0.589. The number of benzene rings is 7. The SMILES string of the molecule is CCCCc1cc(CCCC)cc(-c2nc(-c3cc(CCCC)cc(C(C)(C)C)c3)nc(-c3cc(-c4nc(-c5ccccc5)cc(-c5ccccc5)n4)ccc3-n3c4ccc(C)cc4c4cc(C)ccc43)n2)c1. The highest BCUT2D eigenvalue weighted by atomic mass is 15.1. The van der Waals surface area contributed by atoms with E-state index in [1.54, 1.807) is 0 Å². The monoisotopic (exact) mass is 957 g/mol. The molecule has 0 N–H and O–H groups in total. The normalized spacial score (nSPS) is 11.8. The van der Waals surface area contributed by atoms with E-state index in [0.29, 0.717) is 23.3 Å². The Kier molecular flexibility index (Phi) is 14.3. The maximum absolute atomic E-state index is 5.64. The third-order valence-corrected chi connectivity index (χ3v) is 14.2. The number of unbranched alkanes of at least 4 members (excludes halogenated alkanes) is 3. The summed E-state index contributed by atoms with van der Waals surface area (Å²) in [7, 11) is 0. The molecule has 0 aliphatic heterocycles. The molecule has 0 saturated heterocycles. The van der Waals surface area contributed by atoms with Gasteiger partial charge in [-0.2, -0.15) is 0 Å². The van der Waals surface area contributed by atoms with Crippen LogP contribution in [0.3, 0.4) is 0 Å². The van der Waals surface area contributed by atoms with Crippen molar-refractivity contribution in [2.24, 2.45) is 0 Å². The predicted molar refractivity (Wildman–Crippen MR) is 306 cm³/mol. The Balaban J connectivity index is 1.29. The predicted octanol–water partition coefficient (Wildman–Crippen LogP) is 17.7. The Hall–Kier alpha value is -7.57. The Morgan fingerprint density at radius 3 is 1.36 bits per heavy atom. The Morgan fingerprint density at radius 2 is 0.863 bits per heavy atom. The number of aromatic nitrogens is 6. The molecule has 3 aromatic heterocycles. The summed E-state index contributed by atoms with van der Waals surface area (Å²) < 4.78 is 2.40. The lowest BCUT2D eigenvalue weighted by atomic mass is 9.84. The van der Waals surface area contributed by atoms with Crippen LogP contribution in [0.5, 0.6) is 0 Å². The van der Waals surface area contributed by atoms with Crippen LogP contribution < -0.4 is 0 Å². The van der Waals surface area contributed by atoms with E-state index in [-0.39, 0.29) is 5.41 Å². The second kappa shape index (κ2) is 21.3. The zero-order valence-electron chi connectivity index (χ0n) is 44.1. The van der Waals surface area contributed by atoms with Crippen LogP contribution in [0, 0.1) is 13.8 Å². The minimum Gasteiger partial charge on any atom is -0.309 e. The lowest BCUT2D eigenvalue weighted by Crippen LogP contribution is -2.12. The molecule has 0 amide bonds. The standard InChI is InChI=1S/C67H68N6/c1-9-12-21-46-36-47(22-13-10-2)38-52(37-46)64-70-65(53-39-48(23-14-11-3)40-54(41-53)67(6,7)8)72-66(71-64)57-42-51(63-68-58(49-24-17-15-18-25-49)43-59(69-63)50-26-19-16-20-27-50)30-33-62(57)73-60-31-28-44(4)34-55(60)56-35-45(5)29-32-61(56)73/h15-20,24-43H,9-14,21-23H2,1-8H3. The lowest BCUT2D eigenvalue weighted by Gasteiger charge is -2.21. The van der Waals surface area contributed by atoms with Crippen LogP contribution in [-0.4, -0.2) is 29.5 Å². The molecular formula is C67H68N6. The summed E-state index contributed by atoms with van der Waals surface area (Å²) in [6, 6.07) is 57.2. The molecule has 0 fully saturated rings. The molecule has 0 atom stereocenters. The average molecular weight is 957 g/mol. The second-order valence-electron chi connectivity index (χ2n) is 21.1. The van der Waals surface area contributed by atoms with Crippen molar-refractivity contribution >= 4 is 21.8 Å². The fourth-order valence-electron chi connectivity index (χ4n) is 10.1. The van der Waals surface area contributed by atoms with Crippen LogP contribution >= 0.6 is 0 Å². The highest BCUT2D eigenvalue weighted by molar-refractivity contribution is 6.10. The maximum Gasteiger partial charge on any atom is 0.166 e. The van der Waals surface area contributed by atoms with E-state index in [0.717, 1.165) is 119 Å². The molecule has 73 heavy (non-hydrogen) atoms. The number of hydrogen-bond acceptors (Lipinski definition) is 5. The van der Waals surface area contributed by atoms with Crippen LogP contribution in [0.1, 0.15) is 113 Å². The first-order chi connectivity index (χ1) is 35.5. The van der Waals surface area contributed by atoms with Gasteiger partial charge in [-0.15, -0.1) is 0 Å². The highest BCUT2D eigenvalue weighted by Crippen LogP contribution is 2.40. The van der Waals surface area contributed by atoms with Gasteiger partial charge in [0.2, 0.25) is 0 Å². The smallest absolute Gasteiger partial charge is 0.166 e. The minimum absolute atomic E-state index is 0.0842. The number of nitrogens with zero attached hydrogens (tertiary/aromatic N) is 6. The number of aryl methyl sites for hydroxylation is 5. The minimum atomic E-state index is -0.0842. The van der Waals surface area contributed by atoms with E-state index in [9.17, 15) is 0 Å². The molecule has 0 spiro atoms. The number of hydrogen-bond donors (Lipinski definition) is 0. The van der Waals surface area contributed by atoms with Gasteiger partial charge in [0.25, 0.3) is 0 Å². The third kappa shape index (κ3) is 10.7. The van der Waals surface area contributed by atoms with E-state index in [2.05, 4.69) is 206 Å². The van der Waals surface area contributed by atoms with Crippen molar-refractivity contribution in [3.05, 3.63) is 191 Å². The van der Waals surface area contributed by atoms with Crippen molar-refractivity contribution in [1.29, 1.82) is 0 Å². The van der Waals surface area contributed by atoms with E-state index in [4.69, 9.17) is 24.9 Å². The summed E-state index contributed by atoms with van der Waals surface area (Å²) in [5, 5.41) is 2.42. The molecule has 7 aromatic carbocycles. The molecule has 366 valence electrons. The molecule has 0 bridgehead atoms. The summed E-state index contributed by atoms with van der Waals surface area (Å²) >= 11 is 0. The van der Waals surface area contributed by atoms with Crippen LogP contribution in [0.4, 0.5) is 0 Å². The number of rotatable bonds is 16. The zero-order chi connectivity index (χ0) is 50.6. The van der Waals surface area contributed by atoms with Gasteiger partial charge in [-0.25, -0.2) is 24.9 Å². The highest BCUT2D eigenvalue weighted by Gasteiger charge is 2.24. The van der Waals surface area contributed by atoms with Crippen molar-refractivity contribution in [3.63, 3.8) is 0 Å². The van der Waals surface area contributed by atoms with E-state index in [1.165, 1.54) is 44.2 Å². The molecule has 3 heterocycles. The van der Waals surface area contributed by atoms with Crippen molar-refractivity contribution in [2.45, 2.75) is 119 Å². The van der Waals surface area contributed by atoms with Crippen molar-refractivity contribution in [3.8, 4) is 73.8 Å². The van der Waals surface area contributed by atoms with Gasteiger partial charge in [-0.3, -0.25) is 0 Å². The fourth-order valence-corrected chi connectivity index (χ4v) is 10.1. The van der Waals surface area contributed by atoms with Crippen molar-refractivity contribution in [2.75, 3.05) is 0 Å². The molecular weight excluding hydrogens is 889 g/mol. The Labute approximate surface area is 432 Å². The van der Waals surface area contributed by atoms with Gasteiger partial charge >= 0.3 is 0 Å². The first-order valence-corrected chi connectivity index (χ1v) is 26.7. The molecule has 10 rings (SSSR count). The summed E-state index contributed by atoms with van der Waals surface area (Å²) in [6.45, 7) is 18.0. The first kappa shape index (κ1) is 49.0. The topological polar surface area (TPSA) is 69.4 Å². The van der Waals surface area contributed by atoms with Gasteiger partial charge < -0.3 is 4.57 Å². The van der Waals surface area contributed by atoms with Crippen LogP contribution in [0.2, 0.25) is 0 Å². The molecule has 0 unspecified atom stereocenters. The van der Waals surface area contributed by atoms with Gasteiger partial charge in [0.1, 0.15) is 0 Å². The van der Waals surface area contributed by atoms with Gasteiger partial charge in [0, 0.05) is 44.2 Å². The quantitative estimate of drug-likeness (QED) is 0.0965. The maximum atomic E-state index is 5.64. The second-order valence-corrected chi connectivity index (χ2v) is 21.1. The van der Waals surface area contributed by atoms with Crippen molar-refractivity contribution < 1.29 is 0 Å². The van der Waals surface area contributed by atoms with Gasteiger partial charge in [0.05, 0.1) is 28.1 Å². The van der Waals surface area contributed by atoms with Crippen LogP contribution in [0.25, 0.3) is 95.6 Å². The molecule has 10 aromatic rings. The third-order valence-electron chi connectivity index (χ3n) is 14.2. The molecule has 0 saturated carbocycles. The Bertz CT molecular complexity index is 3440. The van der Waals surface area contributed by atoms with Gasteiger partial charge in [-0.1, -0.05) is 157 Å². The summed E-state index contributed by atoms with van der Waals surface area (Å²) in [6.07, 6.45) is 9.74. The largest absolute Gasteiger partial charge is 0.309 e. The molecule has 6 nitrogen and oxygen atoms in total. The average Bonchev–Trinajstić information content (AvgIpc) is 3.72. The summed E-state index contributed by atoms with van der Waals surface area (Å²) in [4.78, 5) is 27.5. The Morgan fingerprint density at radius 1 is 0.397 bits per heavy atom. The molecule has 6 heteroatoms. The fraction of sp³-hybridized carbons (Fsp3) is 0.269. The first-order valence-electron chi connectivity index (χ1n) is 26.7. The molecule has 0 aliphatic rings. The molecule has 0 radical (unpaired) electrons. The van der Waals surface area contributed by atoms with E-state index < -0.39 is 0 Å². The van der Waals surface area contributed by atoms with Gasteiger partial charge in [0.15, 0.2) is 23.3 Å². The van der Waals surface area contributed by atoms with E-state index >= 15 is 0 Å². The van der Waals surface area contributed by atoms with E-state index in [1.807, 2.05) is 12.1 Å². The summed E-state index contributed by atoms with van der Waals surface area (Å²) in [5.41, 5.74) is 18.3. The van der Waals surface area contributed by atoms with Gasteiger partial charge in [-0.05, 0) is 153 Å². The van der Waals surface area contributed by atoms with Crippen LogP contribution in [0.15, 0.2) is 158 Å². The number of fused-ring (bicyclic) bond motifs is 3. The van der Waals surface area contributed by atoms with Crippen molar-refractivity contribution in [1.82, 2.24) is 29.5 Å². The zero-order valence-corrected chi connectivity index (χ0v) is 44.1.